The third-order valence-electron chi connectivity index (χ3n) is 7.17. The number of nitrogens with zero attached hydrogens (tertiary/aromatic N) is 4. The van der Waals surface area contributed by atoms with Crippen LogP contribution in [-0.4, -0.2) is 31.7 Å². The van der Waals surface area contributed by atoms with Gasteiger partial charge in [-0.15, -0.1) is 0 Å². The Bertz CT molecular complexity index is 1250. The first-order valence-corrected chi connectivity index (χ1v) is 11.6. The van der Waals surface area contributed by atoms with Gasteiger partial charge in [-0.1, -0.05) is 43.3 Å². The van der Waals surface area contributed by atoms with E-state index in [1.165, 1.54) is 18.5 Å². The van der Waals surface area contributed by atoms with Gasteiger partial charge in [0.05, 0.1) is 17.6 Å². The molecule has 2 bridgehead atoms. The lowest BCUT2D eigenvalue weighted by Crippen LogP contribution is -2.37. The molecule has 0 radical (unpaired) electrons. The highest BCUT2D eigenvalue weighted by molar-refractivity contribution is 5.79. The molecule has 2 aliphatic rings. The number of pyridine rings is 1. The number of rotatable bonds is 4. The van der Waals surface area contributed by atoms with Gasteiger partial charge in [-0.3, -0.25) is 4.98 Å². The van der Waals surface area contributed by atoms with Gasteiger partial charge in [-0.25, -0.2) is 4.98 Å². The Morgan fingerprint density at radius 1 is 1.00 bits per heavy atom. The number of nitrogens with one attached hydrogen (secondary N) is 1. The van der Waals surface area contributed by atoms with E-state index >= 15 is 0 Å². The van der Waals surface area contributed by atoms with Crippen molar-refractivity contribution in [2.45, 2.75) is 57.0 Å². The fourth-order valence-corrected chi connectivity index (χ4v) is 5.58. The van der Waals surface area contributed by atoms with E-state index in [1.807, 2.05) is 30.6 Å². The highest BCUT2D eigenvalue weighted by atomic mass is 15.3. The zero-order valence-corrected chi connectivity index (χ0v) is 18.3. The summed E-state index contributed by atoms with van der Waals surface area (Å²) < 4.78 is 1.80. The first-order chi connectivity index (χ1) is 15.7. The first kappa shape index (κ1) is 19.4. The van der Waals surface area contributed by atoms with Crippen LogP contribution in [0.1, 0.15) is 49.8 Å². The van der Waals surface area contributed by atoms with Crippen molar-refractivity contribution in [1.82, 2.24) is 24.9 Å². The van der Waals surface area contributed by atoms with E-state index in [4.69, 9.17) is 15.7 Å². The van der Waals surface area contributed by atoms with E-state index in [0.29, 0.717) is 18.0 Å². The van der Waals surface area contributed by atoms with Crippen LogP contribution in [0.3, 0.4) is 0 Å². The quantitative estimate of drug-likeness (QED) is 0.500. The summed E-state index contributed by atoms with van der Waals surface area (Å²) in [6.45, 7) is 2.16. The van der Waals surface area contributed by atoms with Crippen molar-refractivity contribution in [3.8, 4) is 22.4 Å². The molecule has 32 heavy (non-hydrogen) atoms. The number of nitrogens with two attached hydrogens (primary N) is 1. The molecule has 6 heteroatoms. The molecule has 6 nitrogen and oxygen atoms in total. The molecule has 2 aliphatic heterocycles. The number of aromatic nitrogens is 4. The van der Waals surface area contributed by atoms with Gasteiger partial charge >= 0.3 is 0 Å². The van der Waals surface area contributed by atoms with Crippen LogP contribution < -0.4 is 11.1 Å². The summed E-state index contributed by atoms with van der Waals surface area (Å²) in [6.07, 6.45) is 9.48. The third kappa shape index (κ3) is 3.17. The molecule has 4 aromatic rings. The summed E-state index contributed by atoms with van der Waals surface area (Å²) in [5, 5.41) is 8.35. The molecule has 6 rings (SSSR count). The number of anilines is 1. The van der Waals surface area contributed by atoms with Crippen LogP contribution in [0.2, 0.25) is 0 Å². The lowest BCUT2D eigenvalue weighted by molar-refractivity contribution is 0.358. The molecule has 2 unspecified atom stereocenters. The molecule has 3 N–H and O–H groups in total. The van der Waals surface area contributed by atoms with Crippen LogP contribution >= 0.6 is 0 Å². The molecule has 2 saturated heterocycles. The van der Waals surface area contributed by atoms with Gasteiger partial charge in [0, 0.05) is 46.5 Å². The van der Waals surface area contributed by atoms with Crippen molar-refractivity contribution < 1.29 is 0 Å². The van der Waals surface area contributed by atoms with Gasteiger partial charge in [0.25, 0.3) is 0 Å². The molecule has 3 aromatic heterocycles. The van der Waals surface area contributed by atoms with Gasteiger partial charge < -0.3 is 11.1 Å². The van der Waals surface area contributed by atoms with E-state index in [2.05, 4.69) is 41.6 Å². The summed E-state index contributed by atoms with van der Waals surface area (Å²) in [5.41, 5.74) is 13.8. The summed E-state index contributed by atoms with van der Waals surface area (Å²) >= 11 is 0. The fourth-order valence-electron chi connectivity index (χ4n) is 5.58. The van der Waals surface area contributed by atoms with Crippen molar-refractivity contribution in [3.63, 3.8) is 0 Å². The average molecular weight is 425 g/mol. The smallest absolute Gasteiger partial charge is 0.165 e. The predicted molar refractivity (Wildman–Crippen MR) is 127 cm³/mol. The van der Waals surface area contributed by atoms with Gasteiger partial charge in [-0.05, 0) is 38.2 Å². The summed E-state index contributed by atoms with van der Waals surface area (Å²) in [7, 11) is 0. The molecule has 2 fully saturated rings. The van der Waals surface area contributed by atoms with Crippen molar-refractivity contribution in [1.29, 1.82) is 0 Å². The lowest BCUT2D eigenvalue weighted by Gasteiger charge is -2.30. The number of hydrogen-bond acceptors (Lipinski definition) is 5. The summed E-state index contributed by atoms with van der Waals surface area (Å²) in [6, 6.07) is 15.6. The maximum Gasteiger partial charge on any atom is 0.165 e. The number of nitrogen functional groups attached to an aromatic ring is 1. The largest absolute Gasteiger partial charge is 0.383 e. The second kappa shape index (κ2) is 7.71. The normalized spacial score (nSPS) is 22.5. The van der Waals surface area contributed by atoms with E-state index < -0.39 is 0 Å². The van der Waals surface area contributed by atoms with Gasteiger partial charge in [0.1, 0.15) is 5.82 Å². The highest BCUT2D eigenvalue weighted by Gasteiger charge is 2.36. The second-order valence-electron chi connectivity index (χ2n) is 9.11. The Balaban J connectivity index is 1.43. The van der Waals surface area contributed by atoms with Crippen LogP contribution in [0, 0.1) is 0 Å². The molecule has 0 saturated carbocycles. The number of benzene rings is 1. The summed E-state index contributed by atoms with van der Waals surface area (Å²) in [4.78, 5) is 9.91. The minimum Gasteiger partial charge on any atom is -0.383 e. The number of piperidine rings is 1. The maximum atomic E-state index is 6.64. The maximum absolute atomic E-state index is 6.64. The van der Waals surface area contributed by atoms with Crippen LogP contribution in [0.5, 0.6) is 0 Å². The van der Waals surface area contributed by atoms with E-state index in [0.717, 1.165) is 58.7 Å². The van der Waals surface area contributed by atoms with Gasteiger partial charge in [-0.2, -0.15) is 9.61 Å². The standard InChI is InChI=1S/C26H28N6/c1-2-21-24(18-12-19-9-10-20(13-18)30-19)31-26-22(15-29-32(26)25(21)27)17-8-11-23(28-14-17)16-6-4-3-5-7-16/h3-8,11,14-15,18-20,30H,2,9-10,12-13,27H2,1H3. The fraction of sp³-hybridized carbons (Fsp3) is 0.346. The first-order valence-electron chi connectivity index (χ1n) is 11.6. The monoisotopic (exact) mass is 424 g/mol. The van der Waals surface area contributed by atoms with E-state index in [-0.39, 0.29) is 0 Å². The molecule has 162 valence electrons. The Kier molecular flexibility index (Phi) is 4.68. The topological polar surface area (TPSA) is 81.1 Å². The Morgan fingerprint density at radius 3 is 2.47 bits per heavy atom. The van der Waals surface area contributed by atoms with Crippen LogP contribution in [0.25, 0.3) is 28.0 Å². The minimum absolute atomic E-state index is 0.456. The molecule has 0 spiro atoms. The van der Waals surface area contributed by atoms with E-state index in [1.54, 1.807) is 4.52 Å². The Labute approximate surface area is 187 Å². The molecule has 1 aromatic carbocycles. The zero-order chi connectivity index (χ0) is 21.7. The van der Waals surface area contributed by atoms with Crippen LogP contribution in [0.15, 0.2) is 54.9 Å². The van der Waals surface area contributed by atoms with Gasteiger partial charge in [0.2, 0.25) is 0 Å². The number of fused-ring (bicyclic) bond motifs is 3. The number of hydrogen-bond donors (Lipinski definition) is 2. The summed E-state index contributed by atoms with van der Waals surface area (Å²) in [5.74, 6) is 1.18. The third-order valence-corrected chi connectivity index (χ3v) is 7.17. The lowest BCUT2D eigenvalue weighted by atomic mass is 9.86. The predicted octanol–water partition coefficient (Wildman–Crippen LogP) is 4.60. The van der Waals surface area contributed by atoms with Crippen molar-refractivity contribution in [2.24, 2.45) is 0 Å². The van der Waals surface area contributed by atoms with Crippen LogP contribution in [-0.2, 0) is 6.42 Å². The van der Waals surface area contributed by atoms with Crippen molar-refractivity contribution in [2.75, 3.05) is 5.73 Å². The molecule has 0 aliphatic carbocycles. The molecular formula is C26H28N6. The van der Waals surface area contributed by atoms with Crippen molar-refractivity contribution >= 4 is 11.5 Å². The van der Waals surface area contributed by atoms with E-state index in [9.17, 15) is 0 Å². The zero-order valence-electron chi connectivity index (χ0n) is 18.3. The molecule has 0 amide bonds. The van der Waals surface area contributed by atoms with Gasteiger partial charge in [0.15, 0.2) is 5.65 Å². The van der Waals surface area contributed by atoms with Crippen LogP contribution in [0.4, 0.5) is 5.82 Å². The highest BCUT2D eigenvalue weighted by Crippen LogP contribution is 2.40. The molecule has 2 atom stereocenters. The SMILES string of the molecule is CCc1c(C2CC3CCC(C2)N3)nc2c(-c3ccc(-c4ccccc4)nc3)cnn2c1N. The second-order valence-corrected chi connectivity index (χ2v) is 9.11. The van der Waals surface area contributed by atoms with Crippen molar-refractivity contribution in [3.05, 3.63) is 66.1 Å². The Hall–Kier alpha value is -3.25. The Morgan fingerprint density at radius 2 is 1.78 bits per heavy atom. The average Bonchev–Trinajstić information content (AvgIpc) is 3.42. The molecular weight excluding hydrogens is 396 g/mol. The molecule has 5 heterocycles. The minimum atomic E-state index is 0.456.